The quantitative estimate of drug-likeness (QED) is 0.877. The molecule has 2 aliphatic carbocycles. The van der Waals surface area contributed by atoms with Crippen LogP contribution in [0, 0.1) is 0 Å². The minimum absolute atomic E-state index is 0.117. The molecule has 0 aliphatic heterocycles. The van der Waals surface area contributed by atoms with E-state index in [0.717, 1.165) is 23.3 Å². The minimum atomic E-state index is -0.117. The zero-order valence-corrected chi connectivity index (χ0v) is 11.3. The summed E-state index contributed by atoms with van der Waals surface area (Å²) in [5.74, 6) is 2.41. The number of rotatable bonds is 5. The molecular formula is C16H18N2O2. The van der Waals surface area contributed by atoms with Crippen molar-refractivity contribution in [1.29, 1.82) is 0 Å². The molecule has 2 aromatic rings. The Bertz CT molecular complexity index is 648. The molecular weight excluding hydrogens is 252 g/mol. The van der Waals surface area contributed by atoms with E-state index in [-0.39, 0.29) is 5.56 Å². The van der Waals surface area contributed by atoms with Crippen LogP contribution >= 0.6 is 0 Å². The first kappa shape index (κ1) is 11.8. The van der Waals surface area contributed by atoms with E-state index in [4.69, 9.17) is 4.74 Å². The molecule has 0 bridgehead atoms. The monoisotopic (exact) mass is 270 g/mol. The summed E-state index contributed by atoms with van der Waals surface area (Å²) in [6, 6.07) is 8.22. The number of aromatic nitrogens is 2. The zero-order valence-electron chi connectivity index (χ0n) is 11.3. The van der Waals surface area contributed by atoms with E-state index < -0.39 is 0 Å². The predicted octanol–water partition coefficient (Wildman–Crippen LogP) is 3.04. The minimum Gasteiger partial charge on any atom is -0.487 e. The molecule has 4 rings (SSSR count). The Hall–Kier alpha value is -1.97. The lowest BCUT2D eigenvalue weighted by Gasteiger charge is -2.10. The van der Waals surface area contributed by atoms with Crippen LogP contribution in [-0.2, 0) is 6.61 Å². The van der Waals surface area contributed by atoms with Gasteiger partial charge >= 0.3 is 0 Å². The van der Waals surface area contributed by atoms with Crippen LogP contribution in [0.3, 0.4) is 0 Å². The molecule has 2 aliphatic rings. The summed E-state index contributed by atoms with van der Waals surface area (Å²) in [4.78, 5) is 11.1. The van der Waals surface area contributed by atoms with E-state index in [1.54, 1.807) is 0 Å². The average molecular weight is 270 g/mol. The summed E-state index contributed by atoms with van der Waals surface area (Å²) in [7, 11) is 0. The van der Waals surface area contributed by atoms with Crippen molar-refractivity contribution >= 4 is 0 Å². The zero-order chi connectivity index (χ0) is 13.5. The van der Waals surface area contributed by atoms with Crippen LogP contribution in [-0.4, -0.2) is 10.2 Å². The maximum absolute atomic E-state index is 11.1. The van der Waals surface area contributed by atoms with Crippen LogP contribution in [0.15, 0.2) is 29.1 Å². The third kappa shape index (κ3) is 2.50. The molecule has 0 unspecified atom stereocenters. The number of benzene rings is 1. The van der Waals surface area contributed by atoms with Crippen molar-refractivity contribution in [2.75, 3.05) is 0 Å². The van der Waals surface area contributed by atoms with Gasteiger partial charge in [0.1, 0.15) is 12.4 Å². The van der Waals surface area contributed by atoms with Crippen molar-refractivity contribution in [1.82, 2.24) is 10.2 Å². The highest BCUT2D eigenvalue weighted by Gasteiger charge is 2.28. The summed E-state index contributed by atoms with van der Waals surface area (Å²) in [6.45, 7) is 0.400. The molecule has 0 amide bonds. The standard InChI is InChI=1S/C16H18N2O2/c19-16-8-14(17-18-16)9-20-15-6-12(10-1-2-10)5-13(7-15)11-3-4-11/h5-8,10-11H,1-4,9H2,(H2,17,18,19). The molecule has 2 N–H and O–H groups in total. The molecule has 1 aromatic carbocycles. The highest BCUT2D eigenvalue weighted by atomic mass is 16.5. The van der Waals surface area contributed by atoms with Gasteiger partial charge in [0.2, 0.25) is 0 Å². The fraction of sp³-hybridized carbons (Fsp3) is 0.438. The summed E-state index contributed by atoms with van der Waals surface area (Å²) in [5, 5.41) is 5.34. The maximum Gasteiger partial charge on any atom is 0.264 e. The SMILES string of the molecule is O=c1cc(COc2cc(C3CC3)cc(C3CC3)c2)[nH][nH]1. The average Bonchev–Trinajstić information content (AvgIpc) is 3.35. The van der Waals surface area contributed by atoms with Crippen molar-refractivity contribution in [3.05, 3.63) is 51.4 Å². The van der Waals surface area contributed by atoms with Crippen molar-refractivity contribution in [2.45, 2.75) is 44.1 Å². The largest absolute Gasteiger partial charge is 0.487 e. The van der Waals surface area contributed by atoms with Crippen LogP contribution in [0.4, 0.5) is 0 Å². The number of hydrogen-bond donors (Lipinski definition) is 2. The van der Waals surface area contributed by atoms with E-state index in [2.05, 4.69) is 28.4 Å². The molecule has 4 nitrogen and oxygen atoms in total. The molecule has 0 radical (unpaired) electrons. The number of ether oxygens (including phenoxy) is 1. The van der Waals surface area contributed by atoms with Crippen LogP contribution in [0.2, 0.25) is 0 Å². The Kier molecular flexibility index (Phi) is 2.69. The van der Waals surface area contributed by atoms with Crippen LogP contribution in [0.1, 0.15) is 54.3 Å². The topological polar surface area (TPSA) is 57.9 Å². The molecule has 4 heteroatoms. The molecule has 2 fully saturated rings. The summed E-state index contributed by atoms with van der Waals surface area (Å²) >= 11 is 0. The molecule has 0 spiro atoms. The van der Waals surface area contributed by atoms with Gasteiger partial charge < -0.3 is 4.74 Å². The van der Waals surface area contributed by atoms with Gasteiger partial charge in [-0.1, -0.05) is 6.07 Å². The normalized spacial score (nSPS) is 18.2. The molecule has 104 valence electrons. The third-order valence-electron chi connectivity index (χ3n) is 4.09. The Morgan fingerprint density at radius 1 is 0.950 bits per heavy atom. The van der Waals surface area contributed by atoms with Gasteiger partial charge in [0.15, 0.2) is 0 Å². The molecule has 1 aromatic heterocycles. The van der Waals surface area contributed by atoms with Crippen molar-refractivity contribution in [3.8, 4) is 5.75 Å². The maximum atomic E-state index is 11.1. The highest BCUT2D eigenvalue weighted by molar-refractivity contribution is 5.40. The number of nitrogens with one attached hydrogen (secondary N) is 2. The van der Waals surface area contributed by atoms with E-state index in [1.807, 2.05) is 0 Å². The lowest BCUT2D eigenvalue weighted by Crippen LogP contribution is -1.98. The van der Waals surface area contributed by atoms with Crippen LogP contribution in [0.25, 0.3) is 0 Å². The van der Waals surface area contributed by atoms with Gasteiger partial charge in [-0.2, -0.15) is 0 Å². The van der Waals surface area contributed by atoms with E-state index in [9.17, 15) is 4.79 Å². The lowest BCUT2D eigenvalue weighted by molar-refractivity contribution is 0.300. The summed E-state index contributed by atoms with van der Waals surface area (Å²) in [5.41, 5.74) is 3.51. The Morgan fingerprint density at radius 2 is 1.60 bits per heavy atom. The fourth-order valence-electron chi connectivity index (χ4n) is 2.65. The Morgan fingerprint density at radius 3 is 2.10 bits per heavy atom. The number of aromatic amines is 2. The van der Waals surface area contributed by atoms with Crippen LogP contribution in [0.5, 0.6) is 5.75 Å². The second-order valence-electron chi connectivity index (χ2n) is 5.96. The molecule has 20 heavy (non-hydrogen) atoms. The molecule has 2 saturated carbocycles. The summed E-state index contributed by atoms with van der Waals surface area (Å²) in [6.07, 6.45) is 5.22. The van der Waals surface area contributed by atoms with Crippen molar-refractivity contribution in [2.24, 2.45) is 0 Å². The van der Waals surface area contributed by atoms with Gasteiger partial charge in [-0.15, -0.1) is 0 Å². The molecule has 0 saturated heterocycles. The third-order valence-corrected chi connectivity index (χ3v) is 4.09. The van der Waals surface area contributed by atoms with Gasteiger partial charge in [0, 0.05) is 6.07 Å². The van der Waals surface area contributed by atoms with Gasteiger partial charge in [-0.05, 0) is 60.8 Å². The van der Waals surface area contributed by atoms with E-state index in [0.29, 0.717) is 6.61 Å². The molecule has 0 atom stereocenters. The van der Waals surface area contributed by atoms with Gasteiger partial charge in [0.25, 0.3) is 5.56 Å². The first-order valence-corrected chi connectivity index (χ1v) is 7.32. The van der Waals surface area contributed by atoms with E-state index in [1.165, 1.54) is 42.9 Å². The lowest BCUT2D eigenvalue weighted by atomic mass is 10.0. The van der Waals surface area contributed by atoms with Crippen molar-refractivity contribution < 1.29 is 4.74 Å². The predicted molar refractivity (Wildman–Crippen MR) is 76.1 cm³/mol. The number of H-pyrrole nitrogens is 2. The first-order chi connectivity index (χ1) is 9.78. The van der Waals surface area contributed by atoms with Gasteiger partial charge in [-0.25, -0.2) is 0 Å². The Balaban J connectivity index is 1.55. The Labute approximate surface area is 117 Å². The first-order valence-electron chi connectivity index (χ1n) is 7.32. The van der Waals surface area contributed by atoms with Crippen molar-refractivity contribution in [3.63, 3.8) is 0 Å². The second kappa shape index (κ2) is 4.54. The number of hydrogen-bond acceptors (Lipinski definition) is 2. The summed E-state index contributed by atoms with van der Waals surface area (Å²) < 4.78 is 5.85. The fourth-order valence-corrected chi connectivity index (χ4v) is 2.65. The van der Waals surface area contributed by atoms with E-state index >= 15 is 0 Å². The highest BCUT2D eigenvalue weighted by Crippen LogP contribution is 2.46. The van der Waals surface area contributed by atoms with Gasteiger partial charge in [0.05, 0.1) is 5.69 Å². The molecule has 1 heterocycles. The van der Waals surface area contributed by atoms with Crippen LogP contribution < -0.4 is 10.3 Å². The second-order valence-corrected chi connectivity index (χ2v) is 5.96. The van der Waals surface area contributed by atoms with Gasteiger partial charge in [-0.3, -0.25) is 15.0 Å². The smallest absolute Gasteiger partial charge is 0.264 e.